The summed E-state index contributed by atoms with van der Waals surface area (Å²) in [6.45, 7) is 7.60. The molecule has 1 rings (SSSR count). The molecule has 2 amide bonds. The van der Waals surface area contributed by atoms with Gasteiger partial charge in [-0.1, -0.05) is 6.08 Å². The number of amides is 2. The van der Waals surface area contributed by atoms with Gasteiger partial charge in [0.15, 0.2) is 0 Å². The Bertz CT molecular complexity index is 276. The zero-order valence-electron chi connectivity index (χ0n) is 9.32. The van der Waals surface area contributed by atoms with E-state index in [9.17, 15) is 9.59 Å². The Morgan fingerprint density at radius 1 is 1.60 bits per heavy atom. The van der Waals surface area contributed by atoms with E-state index in [0.29, 0.717) is 0 Å². The largest absolute Gasteiger partial charge is 0.345 e. The molecule has 1 fully saturated rings. The van der Waals surface area contributed by atoms with Crippen molar-refractivity contribution >= 4 is 11.8 Å². The molecule has 0 spiro atoms. The van der Waals surface area contributed by atoms with Crippen LogP contribution in [0.5, 0.6) is 0 Å². The minimum Gasteiger partial charge on any atom is -0.345 e. The molecule has 1 N–H and O–H groups in total. The molecular formula is C11H18N2O2. The molecule has 0 aromatic carbocycles. The Morgan fingerprint density at radius 3 is 2.80 bits per heavy atom. The average Bonchev–Trinajstić information content (AvgIpc) is 2.62. The molecule has 0 aliphatic carbocycles. The van der Waals surface area contributed by atoms with Crippen LogP contribution in [0.1, 0.15) is 26.7 Å². The fourth-order valence-electron chi connectivity index (χ4n) is 1.93. The molecule has 4 heteroatoms. The van der Waals surface area contributed by atoms with Gasteiger partial charge in [-0.15, -0.1) is 6.58 Å². The van der Waals surface area contributed by atoms with E-state index < -0.39 is 6.04 Å². The van der Waals surface area contributed by atoms with Crippen molar-refractivity contribution in [3.8, 4) is 0 Å². The van der Waals surface area contributed by atoms with Crippen LogP contribution in [0.3, 0.4) is 0 Å². The highest BCUT2D eigenvalue weighted by Crippen LogP contribution is 2.18. The zero-order chi connectivity index (χ0) is 11.4. The maximum atomic E-state index is 11.9. The van der Waals surface area contributed by atoms with E-state index in [1.165, 1.54) is 6.92 Å². The zero-order valence-corrected chi connectivity index (χ0v) is 9.32. The second-order valence-corrected chi connectivity index (χ2v) is 3.90. The van der Waals surface area contributed by atoms with Crippen molar-refractivity contribution in [1.29, 1.82) is 0 Å². The summed E-state index contributed by atoms with van der Waals surface area (Å²) in [5.74, 6) is -0.196. The molecule has 84 valence electrons. The van der Waals surface area contributed by atoms with Gasteiger partial charge in [-0.05, 0) is 19.8 Å². The predicted octanol–water partition coefficient (Wildman–Crippen LogP) is 0.688. The van der Waals surface area contributed by atoms with Crippen molar-refractivity contribution in [2.24, 2.45) is 0 Å². The van der Waals surface area contributed by atoms with Crippen LogP contribution in [0, 0.1) is 0 Å². The van der Waals surface area contributed by atoms with Gasteiger partial charge in [-0.2, -0.15) is 0 Å². The summed E-state index contributed by atoms with van der Waals surface area (Å²) >= 11 is 0. The van der Waals surface area contributed by atoms with E-state index in [0.717, 1.165) is 19.4 Å². The Morgan fingerprint density at radius 2 is 2.27 bits per heavy atom. The molecule has 0 saturated carbocycles. The highest BCUT2D eigenvalue weighted by molar-refractivity contribution is 5.87. The first-order valence-corrected chi connectivity index (χ1v) is 5.26. The third-order valence-electron chi connectivity index (χ3n) is 2.64. The van der Waals surface area contributed by atoms with Crippen molar-refractivity contribution in [3.63, 3.8) is 0 Å². The summed E-state index contributed by atoms with van der Waals surface area (Å²) in [7, 11) is 0. The van der Waals surface area contributed by atoms with Gasteiger partial charge >= 0.3 is 0 Å². The van der Waals surface area contributed by atoms with Crippen molar-refractivity contribution in [2.75, 3.05) is 6.54 Å². The molecule has 0 aromatic rings. The third kappa shape index (κ3) is 2.81. The van der Waals surface area contributed by atoms with Crippen LogP contribution >= 0.6 is 0 Å². The van der Waals surface area contributed by atoms with Gasteiger partial charge in [0.05, 0.1) is 0 Å². The molecular weight excluding hydrogens is 192 g/mol. The first kappa shape index (κ1) is 11.8. The van der Waals surface area contributed by atoms with E-state index in [4.69, 9.17) is 0 Å². The lowest BCUT2D eigenvalue weighted by atomic mass is 10.2. The van der Waals surface area contributed by atoms with E-state index in [2.05, 4.69) is 11.9 Å². The van der Waals surface area contributed by atoms with Crippen LogP contribution < -0.4 is 5.32 Å². The lowest BCUT2D eigenvalue weighted by Gasteiger charge is -2.25. The SMILES string of the molecule is C=CC1CCCN1C(=O)[C@H](C)NC(C)=O. The van der Waals surface area contributed by atoms with E-state index in [1.807, 2.05) is 0 Å². The minimum absolute atomic E-state index is 0.0207. The fourth-order valence-corrected chi connectivity index (χ4v) is 1.93. The first-order valence-electron chi connectivity index (χ1n) is 5.26. The van der Waals surface area contributed by atoms with Gasteiger partial charge < -0.3 is 10.2 Å². The summed E-state index contributed by atoms with van der Waals surface area (Å²) in [4.78, 5) is 24.5. The van der Waals surface area contributed by atoms with Crippen molar-refractivity contribution < 1.29 is 9.59 Å². The molecule has 1 aliphatic rings. The summed E-state index contributed by atoms with van der Waals surface area (Å²) < 4.78 is 0. The van der Waals surface area contributed by atoms with Gasteiger partial charge in [-0.3, -0.25) is 9.59 Å². The number of carbonyl (C=O) groups excluding carboxylic acids is 2. The van der Waals surface area contributed by atoms with Gasteiger partial charge in [0.2, 0.25) is 11.8 Å². The summed E-state index contributed by atoms with van der Waals surface area (Å²) in [5, 5.41) is 2.60. The van der Waals surface area contributed by atoms with Crippen molar-refractivity contribution in [3.05, 3.63) is 12.7 Å². The number of hydrogen-bond acceptors (Lipinski definition) is 2. The lowest BCUT2D eigenvalue weighted by Crippen LogP contribution is -2.47. The quantitative estimate of drug-likeness (QED) is 0.697. The average molecular weight is 210 g/mol. The van der Waals surface area contributed by atoms with Crippen LogP contribution in [0.4, 0.5) is 0 Å². The number of rotatable bonds is 3. The summed E-state index contributed by atoms with van der Waals surface area (Å²) in [5.41, 5.74) is 0. The molecule has 0 bridgehead atoms. The van der Waals surface area contributed by atoms with Crippen molar-refractivity contribution in [2.45, 2.75) is 38.8 Å². The maximum Gasteiger partial charge on any atom is 0.245 e. The van der Waals surface area contributed by atoms with Crippen LogP contribution in [-0.2, 0) is 9.59 Å². The maximum absolute atomic E-state index is 11.9. The van der Waals surface area contributed by atoms with E-state index in [1.54, 1.807) is 17.9 Å². The number of nitrogens with one attached hydrogen (secondary N) is 1. The minimum atomic E-state index is -0.442. The molecule has 15 heavy (non-hydrogen) atoms. The van der Waals surface area contributed by atoms with Crippen LogP contribution in [0.2, 0.25) is 0 Å². The number of hydrogen-bond donors (Lipinski definition) is 1. The molecule has 0 radical (unpaired) electrons. The smallest absolute Gasteiger partial charge is 0.245 e. The molecule has 1 aliphatic heterocycles. The van der Waals surface area contributed by atoms with Crippen LogP contribution in [-0.4, -0.2) is 35.3 Å². The number of carbonyl (C=O) groups is 2. The molecule has 4 nitrogen and oxygen atoms in total. The lowest BCUT2D eigenvalue weighted by molar-refractivity contribution is -0.135. The summed E-state index contributed by atoms with van der Waals surface area (Å²) in [6, 6.07) is -0.309. The van der Waals surface area contributed by atoms with Crippen LogP contribution in [0.25, 0.3) is 0 Å². The molecule has 1 unspecified atom stereocenters. The second kappa shape index (κ2) is 4.96. The monoisotopic (exact) mass is 210 g/mol. The standard InChI is InChI=1S/C11H18N2O2/c1-4-10-6-5-7-13(10)11(15)8(2)12-9(3)14/h4,8,10H,1,5-7H2,2-3H3,(H,12,14)/t8-,10?/m0/s1. The Balaban J connectivity index is 2.58. The Kier molecular flexibility index (Phi) is 3.88. The fraction of sp³-hybridized carbons (Fsp3) is 0.636. The van der Waals surface area contributed by atoms with Gasteiger partial charge in [0.1, 0.15) is 6.04 Å². The van der Waals surface area contributed by atoms with Gasteiger partial charge in [0, 0.05) is 19.5 Å². The first-order chi connectivity index (χ1) is 7.06. The molecule has 1 heterocycles. The number of nitrogens with zero attached hydrogens (tertiary/aromatic N) is 1. The van der Waals surface area contributed by atoms with Gasteiger partial charge in [0.25, 0.3) is 0 Å². The van der Waals surface area contributed by atoms with E-state index >= 15 is 0 Å². The Labute approximate surface area is 90.3 Å². The van der Waals surface area contributed by atoms with Crippen LogP contribution in [0.15, 0.2) is 12.7 Å². The third-order valence-corrected chi connectivity index (χ3v) is 2.64. The molecule has 1 saturated heterocycles. The topological polar surface area (TPSA) is 49.4 Å². The van der Waals surface area contributed by atoms with E-state index in [-0.39, 0.29) is 17.9 Å². The normalized spacial score (nSPS) is 22.3. The highest BCUT2D eigenvalue weighted by Gasteiger charge is 2.29. The predicted molar refractivity (Wildman–Crippen MR) is 58.2 cm³/mol. The number of likely N-dealkylation sites (tertiary alicyclic amines) is 1. The van der Waals surface area contributed by atoms with Gasteiger partial charge in [-0.25, -0.2) is 0 Å². The molecule has 2 atom stereocenters. The second-order valence-electron chi connectivity index (χ2n) is 3.90. The highest BCUT2D eigenvalue weighted by atomic mass is 16.2. The van der Waals surface area contributed by atoms with Crippen molar-refractivity contribution in [1.82, 2.24) is 10.2 Å². The molecule has 0 aromatic heterocycles. The summed E-state index contributed by atoms with van der Waals surface area (Å²) in [6.07, 6.45) is 3.78. The Hall–Kier alpha value is -1.32.